The zero-order valence-electron chi connectivity index (χ0n) is 12.3. The number of hydrogen-bond acceptors (Lipinski definition) is 4. The van der Waals surface area contributed by atoms with Crippen molar-refractivity contribution in [1.82, 2.24) is 15.2 Å². The van der Waals surface area contributed by atoms with Gasteiger partial charge in [-0.25, -0.2) is 4.98 Å². The summed E-state index contributed by atoms with van der Waals surface area (Å²) in [4.78, 5) is 18.7. The quantitative estimate of drug-likeness (QED) is 0.944. The molecular weight excluding hydrogens is 282 g/mol. The lowest BCUT2D eigenvalue weighted by Crippen LogP contribution is -2.48. The van der Waals surface area contributed by atoms with Crippen LogP contribution in [-0.2, 0) is 24.3 Å². The van der Waals surface area contributed by atoms with Crippen LogP contribution in [0.25, 0.3) is 0 Å². The first kappa shape index (κ1) is 14.2. The minimum atomic E-state index is -0.135. The van der Waals surface area contributed by atoms with Crippen molar-refractivity contribution in [1.29, 1.82) is 0 Å². The van der Waals surface area contributed by atoms with Crippen LogP contribution < -0.4 is 5.32 Å². The van der Waals surface area contributed by atoms with E-state index in [0.717, 1.165) is 23.7 Å². The third-order valence-corrected chi connectivity index (χ3v) is 4.64. The number of aromatic nitrogens is 1. The molecule has 5 heteroatoms. The van der Waals surface area contributed by atoms with Gasteiger partial charge in [-0.1, -0.05) is 24.3 Å². The Bertz CT molecular complexity index is 652. The smallest absolute Gasteiger partial charge is 0.240 e. The number of aryl methyl sites for hydroxylation is 1. The first-order chi connectivity index (χ1) is 10.1. The van der Waals surface area contributed by atoms with Crippen LogP contribution >= 0.6 is 11.3 Å². The summed E-state index contributed by atoms with van der Waals surface area (Å²) >= 11 is 1.62. The van der Waals surface area contributed by atoms with E-state index in [4.69, 9.17) is 0 Å². The lowest BCUT2D eigenvalue weighted by atomic mass is 9.95. The second-order valence-electron chi connectivity index (χ2n) is 5.46. The van der Waals surface area contributed by atoms with E-state index >= 15 is 0 Å². The highest BCUT2D eigenvalue weighted by Crippen LogP contribution is 2.18. The van der Waals surface area contributed by atoms with Gasteiger partial charge in [0.05, 0.1) is 23.3 Å². The summed E-state index contributed by atoms with van der Waals surface area (Å²) in [6, 6.07) is 8.17. The Labute approximate surface area is 128 Å². The minimum Gasteiger partial charge on any atom is -0.338 e. The van der Waals surface area contributed by atoms with Gasteiger partial charge in [0.2, 0.25) is 5.91 Å². The number of likely N-dealkylation sites (N-methyl/N-ethyl adjacent to an activating group) is 1. The fourth-order valence-electron chi connectivity index (χ4n) is 2.70. The number of thiazole rings is 1. The molecule has 1 amide bonds. The molecule has 0 bridgehead atoms. The van der Waals surface area contributed by atoms with E-state index in [1.165, 1.54) is 11.1 Å². The number of rotatable bonds is 3. The molecule has 1 aromatic carbocycles. The maximum absolute atomic E-state index is 12.6. The summed E-state index contributed by atoms with van der Waals surface area (Å²) < 4.78 is 0. The Morgan fingerprint density at radius 2 is 2.19 bits per heavy atom. The summed E-state index contributed by atoms with van der Waals surface area (Å²) in [7, 11) is 1.85. The molecule has 1 N–H and O–H groups in total. The normalized spacial score (nSPS) is 17.3. The van der Waals surface area contributed by atoms with Crippen LogP contribution in [0.2, 0.25) is 0 Å². The molecule has 0 aliphatic carbocycles. The molecule has 1 aliphatic rings. The SMILES string of the molecule is Cc1nc(CN(C)C(=O)[C@H]2Cc3ccccc3CN2)cs1. The van der Waals surface area contributed by atoms with Gasteiger partial charge in [-0.2, -0.15) is 0 Å². The molecule has 3 rings (SSSR count). The highest BCUT2D eigenvalue weighted by atomic mass is 32.1. The van der Waals surface area contributed by atoms with Crippen LogP contribution in [0.15, 0.2) is 29.6 Å². The molecule has 0 spiro atoms. The van der Waals surface area contributed by atoms with Crippen LogP contribution in [-0.4, -0.2) is 28.9 Å². The second kappa shape index (κ2) is 5.95. The van der Waals surface area contributed by atoms with Crippen molar-refractivity contribution in [3.8, 4) is 0 Å². The molecule has 4 nitrogen and oxygen atoms in total. The third kappa shape index (κ3) is 3.14. The van der Waals surface area contributed by atoms with Gasteiger partial charge in [0, 0.05) is 19.0 Å². The average Bonchev–Trinajstić information content (AvgIpc) is 2.91. The number of benzene rings is 1. The molecule has 0 saturated carbocycles. The molecule has 0 unspecified atom stereocenters. The summed E-state index contributed by atoms with van der Waals surface area (Å²) in [5.74, 6) is 0.134. The van der Waals surface area contributed by atoms with E-state index in [2.05, 4.69) is 22.4 Å². The summed E-state index contributed by atoms with van der Waals surface area (Å²) in [6.45, 7) is 3.31. The minimum absolute atomic E-state index is 0.134. The Morgan fingerprint density at radius 3 is 2.90 bits per heavy atom. The molecule has 1 atom stereocenters. The van der Waals surface area contributed by atoms with Crippen molar-refractivity contribution < 1.29 is 4.79 Å². The number of amides is 1. The van der Waals surface area contributed by atoms with Gasteiger partial charge < -0.3 is 10.2 Å². The van der Waals surface area contributed by atoms with Crippen molar-refractivity contribution in [2.75, 3.05) is 7.05 Å². The first-order valence-electron chi connectivity index (χ1n) is 7.09. The predicted molar refractivity (Wildman–Crippen MR) is 84.1 cm³/mol. The van der Waals surface area contributed by atoms with E-state index in [9.17, 15) is 4.79 Å². The number of fused-ring (bicyclic) bond motifs is 1. The molecule has 0 radical (unpaired) electrons. The first-order valence-corrected chi connectivity index (χ1v) is 7.97. The number of carbonyl (C=O) groups excluding carboxylic acids is 1. The fourth-order valence-corrected chi connectivity index (χ4v) is 3.30. The Balaban J connectivity index is 1.66. The van der Waals surface area contributed by atoms with Gasteiger partial charge in [-0.3, -0.25) is 4.79 Å². The molecule has 1 aliphatic heterocycles. The lowest BCUT2D eigenvalue weighted by molar-refractivity contribution is -0.132. The van der Waals surface area contributed by atoms with Crippen LogP contribution in [0, 0.1) is 6.92 Å². The van der Waals surface area contributed by atoms with Crippen molar-refractivity contribution >= 4 is 17.2 Å². The van der Waals surface area contributed by atoms with Crippen molar-refractivity contribution in [3.05, 3.63) is 51.5 Å². The maximum Gasteiger partial charge on any atom is 0.240 e. The van der Waals surface area contributed by atoms with Crippen LogP contribution in [0.1, 0.15) is 21.8 Å². The molecule has 2 heterocycles. The van der Waals surface area contributed by atoms with Gasteiger partial charge in [0.15, 0.2) is 0 Å². The topological polar surface area (TPSA) is 45.2 Å². The highest BCUT2D eigenvalue weighted by molar-refractivity contribution is 7.09. The molecule has 21 heavy (non-hydrogen) atoms. The molecular formula is C16H19N3OS. The van der Waals surface area contributed by atoms with E-state index < -0.39 is 0 Å². The predicted octanol–water partition coefficient (Wildman–Crippen LogP) is 2.12. The maximum atomic E-state index is 12.6. The van der Waals surface area contributed by atoms with Crippen molar-refractivity contribution in [2.24, 2.45) is 0 Å². The van der Waals surface area contributed by atoms with E-state index in [1.807, 2.05) is 31.5 Å². The van der Waals surface area contributed by atoms with Crippen molar-refractivity contribution in [2.45, 2.75) is 32.5 Å². The number of nitrogens with one attached hydrogen (secondary N) is 1. The van der Waals surface area contributed by atoms with Crippen LogP contribution in [0.3, 0.4) is 0 Å². The number of hydrogen-bond donors (Lipinski definition) is 1. The zero-order valence-corrected chi connectivity index (χ0v) is 13.1. The van der Waals surface area contributed by atoms with Gasteiger partial charge in [0.1, 0.15) is 0 Å². The lowest BCUT2D eigenvalue weighted by Gasteiger charge is -2.28. The highest BCUT2D eigenvalue weighted by Gasteiger charge is 2.26. The fraction of sp³-hybridized carbons (Fsp3) is 0.375. The van der Waals surface area contributed by atoms with Gasteiger partial charge in [-0.05, 0) is 24.5 Å². The van der Waals surface area contributed by atoms with E-state index in [0.29, 0.717) is 6.54 Å². The standard InChI is InChI=1S/C16H19N3OS/c1-11-18-14(10-21-11)9-19(2)16(20)15-7-12-5-3-4-6-13(12)8-17-15/h3-6,10,15,17H,7-9H2,1-2H3/t15-/m1/s1. The summed E-state index contributed by atoms with van der Waals surface area (Å²) in [5.41, 5.74) is 3.52. The molecule has 1 aromatic heterocycles. The van der Waals surface area contributed by atoms with Gasteiger partial charge >= 0.3 is 0 Å². The molecule has 0 fully saturated rings. The third-order valence-electron chi connectivity index (χ3n) is 3.82. The molecule has 110 valence electrons. The average molecular weight is 301 g/mol. The summed E-state index contributed by atoms with van der Waals surface area (Å²) in [5, 5.41) is 6.39. The Kier molecular flexibility index (Phi) is 4.03. The second-order valence-corrected chi connectivity index (χ2v) is 6.52. The summed E-state index contributed by atoms with van der Waals surface area (Å²) in [6.07, 6.45) is 0.759. The largest absolute Gasteiger partial charge is 0.338 e. The van der Waals surface area contributed by atoms with Gasteiger partial charge in [0.25, 0.3) is 0 Å². The van der Waals surface area contributed by atoms with E-state index in [-0.39, 0.29) is 11.9 Å². The van der Waals surface area contributed by atoms with Gasteiger partial charge in [-0.15, -0.1) is 11.3 Å². The van der Waals surface area contributed by atoms with Crippen LogP contribution in [0.5, 0.6) is 0 Å². The zero-order chi connectivity index (χ0) is 14.8. The number of carbonyl (C=O) groups is 1. The van der Waals surface area contributed by atoms with E-state index in [1.54, 1.807) is 16.2 Å². The van der Waals surface area contributed by atoms with Crippen molar-refractivity contribution in [3.63, 3.8) is 0 Å². The Hall–Kier alpha value is -1.72. The monoisotopic (exact) mass is 301 g/mol. The molecule has 0 saturated heterocycles. The molecule has 2 aromatic rings. The Morgan fingerprint density at radius 1 is 1.43 bits per heavy atom. The number of nitrogens with zero attached hydrogens (tertiary/aromatic N) is 2. The van der Waals surface area contributed by atoms with Crippen LogP contribution in [0.4, 0.5) is 0 Å².